The summed E-state index contributed by atoms with van der Waals surface area (Å²) in [5, 5.41) is 7.24. The van der Waals surface area contributed by atoms with Gasteiger partial charge < -0.3 is 4.40 Å². The third-order valence-corrected chi connectivity index (χ3v) is 10.0. The number of rotatable bonds is 3. The monoisotopic (exact) mass is 643 g/mol. The molecule has 0 saturated carbocycles. The molecule has 6 aromatic carbocycles. The number of benzene rings is 6. The molecule has 0 amide bonds. The van der Waals surface area contributed by atoms with E-state index >= 15 is 0 Å². The third kappa shape index (κ3) is 4.30. The molecule has 0 aliphatic heterocycles. The summed E-state index contributed by atoms with van der Waals surface area (Å²) in [6, 6.07) is 46.1. The Morgan fingerprint density at radius 3 is 1.52 bits per heavy atom. The van der Waals surface area contributed by atoms with Crippen LogP contribution in [0.3, 0.4) is 0 Å². The highest BCUT2D eigenvalue weighted by Gasteiger charge is 2.21. The van der Waals surface area contributed by atoms with Crippen molar-refractivity contribution in [1.29, 1.82) is 0 Å². The van der Waals surface area contributed by atoms with E-state index in [1.807, 2.05) is 0 Å². The first kappa shape index (κ1) is 28.7. The van der Waals surface area contributed by atoms with Crippen LogP contribution >= 0.6 is 0 Å². The molecule has 5 nitrogen and oxygen atoms in total. The van der Waals surface area contributed by atoms with Crippen molar-refractivity contribution >= 4 is 59.9 Å². The molecule has 0 aliphatic carbocycles. The van der Waals surface area contributed by atoms with E-state index in [9.17, 15) is 0 Å². The Kier molecular flexibility index (Phi) is 6.07. The van der Waals surface area contributed by atoms with Gasteiger partial charge in [-0.2, -0.15) is 9.97 Å². The highest BCUT2D eigenvalue weighted by molar-refractivity contribution is 6.21. The van der Waals surface area contributed by atoms with Crippen LogP contribution in [0.25, 0.3) is 88.6 Å². The second-order valence-electron chi connectivity index (χ2n) is 13.7. The molecule has 0 radical (unpaired) electrons. The summed E-state index contributed by atoms with van der Waals surface area (Å²) >= 11 is 0. The number of aromatic nitrogens is 5. The van der Waals surface area contributed by atoms with Crippen LogP contribution in [-0.4, -0.2) is 23.9 Å². The minimum atomic E-state index is 0.600. The van der Waals surface area contributed by atoms with Gasteiger partial charge in [-0.3, -0.25) is 4.57 Å². The summed E-state index contributed by atoms with van der Waals surface area (Å²) in [5.41, 5.74) is 12.3. The fourth-order valence-electron chi connectivity index (χ4n) is 8.10. The van der Waals surface area contributed by atoms with Crippen LogP contribution in [0, 0.1) is 27.7 Å². The van der Waals surface area contributed by atoms with Gasteiger partial charge in [0, 0.05) is 38.1 Å². The highest BCUT2D eigenvalue weighted by atomic mass is 15.2. The maximum absolute atomic E-state index is 5.27. The maximum atomic E-state index is 5.27. The summed E-state index contributed by atoms with van der Waals surface area (Å²) in [6.07, 6.45) is 0. The zero-order valence-electron chi connectivity index (χ0n) is 28.4. The number of hydrogen-bond donors (Lipinski definition) is 0. The largest absolute Gasteiger partial charge is 0.309 e. The zero-order chi connectivity index (χ0) is 33.7. The van der Waals surface area contributed by atoms with Crippen LogP contribution in [0.2, 0.25) is 0 Å². The maximum Gasteiger partial charge on any atom is 0.238 e. The van der Waals surface area contributed by atoms with Gasteiger partial charge in [0.1, 0.15) is 0 Å². The third-order valence-electron chi connectivity index (χ3n) is 10.0. The van der Waals surface area contributed by atoms with Gasteiger partial charge >= 0.3 is 0 Å². The van der Waals surface area contributed by atoms with Crippen LogP contribution in [0.1, 0.15) is 22.3 Å². The first-order valence-electron chi connectivity index (χ1n) is 17.1. The van der Waals surface area contributed by atoms with Crippen molar-refractivity contribution in [2.75, 3.05) is 0 Å². The van der Waals surface area contributed by atoms with Crippen molar-refractivity contribution in [3.8, 4) is 28.7 Å². The van der Waals surface area contributed by atoms with Crippen molar-refractivity contribution in [3.63, 3.8) is 0 Å². The molecular weight excluding hydrogens is 611 g/mol. The average molecular weight is 644 g/mol. The summed E-state index contributed by atoms with van der Waals surface area (Å²) < 4.78 is 4.65. The van der Waals surface area contributed by atoms with Gasteiger partial charge in [-0.15, -0.1) is 0 Å². The Morgan fingerprint density at radius 1 is 0.380 bits per heavy atom. The molecule has 0 spiro atoms. The predicted octanol–water partition coefficient (Wildman–Crippen LogP) is 11.2. The van der Waals surface area contributed by atoms with Gasteiger partial charge in [0.25, 0.3) is 0 Å². The summed E-state index contributed by atoms with van der Waals surface area (Å²) in [4.78, 5) is 15.7. The van der Waals surface area contributed by atoms with Crippen LogP contribution in [-0.2, 0) is 0 Å². The van der Waals surface area contributed by atoms with Gasteiger partial charge in [0.2, 0.25) is 5.95 Å². The summed E-state index contributed by atoms with van der Waals surface area (Å²) in [5.74, 6) is 1.92. The lowest BCUT2D eigenvalue weighted by molar-refractivity contribution is 0.952. The van der Waals surface area contributed by atoms with E-state index in [1.165, 1.54) is 54.8 Å². The van der Waals surface area contributed by atoms with Gasteiger partial charge in [0.15, 0.2) is 11.6 Å². The minimum absolute atomic E-state index is 0.600. The molecule has 10 rings (SSSR count). The molecule has 238 valence electrons. The first-order valence-corrected chi connectivity index (χ1v) is 17.1. The SMILES string of the molecule is Cc1cc(C)cc(-c2nc(-c3cc(C)cc(C)c3)nc(-n3c4ccccc4c4cc5c6ccccc6c6cc7ccccc7n6c5cc43)n2)c1. The van der Waals surface area contributed by atoms with Crippen LogP contribution in [0.15, 0.2) is 127 Å². The Balaban J connectivity index is 1.36. The van der Waals surface area contributed by atoms with Crippen LogP contribution in [0.4, 0.5) is 0 Å². The fourth-order valence-corrected chi connectivity index (χ4v) is 8.10. The van der Waals surface area contributed by atoms with E-state index < -0.39 is 0 Å². The molecule has 0 saturated heterocycles. The Bertz CT molecular complexity index is 2920. The molecule has 50 heavy (non-hydrogen) atoms. The summed E-state index contributed by atoms with van der Waals surface area (Å²) in [6.45, 7) is 8.49. The molecule has 0 bridgehead atoms. The van der Waals surface area contributed by atoms with Crippen molar-refractivity contribution in [2.45, 2.75) is 27.7 Å². The number of fused-ring (bicyclic) bond motifs is 11. The van der Waals surface area contributed by atoms with Gasteiger partial charge in [-0.05, 0) is 87.7 Å². The highest BCUT2D eigenvalue weighted by Crippen LogP contribution is 2.40. The van der Waals surface area contributed by atoms with Gasteiger partial charge in [-0.25, -0.2) is 4.98 Å². The van der Waals surface area contributed by atoms with Crippen LogP contribution in [0.5, 0.6) is 0 Å². The molecule has 0 unspecified atom stereocenters. The normalized spacial score (nSPS) is 12.0. The predicted molar refractivity (Wildman–Crippen MR) is 207 cm³/mol. The van der Waals surface area contributed by atoms with Gasteiger partial charge in [0.05, 0.1) is 27.6 Å². The molecule has 4 heterocycles. The van der Waals surface area contributed by atoms with Crippen molar-refractivity contribution < 1.29 is 0 Å². The molecule has 4 aromatic heterocycles. The minimum Gasteiger partial charge on any atom is -0.309 e. The van der Waals surface area contributed by atoms with Crippen molar-refractivity contribution in [3.05, 3.63) is 150 Å². The Hall–Kier alpha value is -6.33. The quantitative estimate of drug-likeness (QED) is 0.180. The van der Waals surface area contributed by atoms with E-state index in [4.69, 9.17) is 15.0 Å². The lowest BCUT2D eigenvalue weighted by Gasteiger charge is -2.13. The second kappa shape index (κ2) is 10.6. The smallest absolute Gasteiger partial charge is 0.238 e. The lowest BCUT2D eigenvalue weighted by Crippen LogP contribution is -2.07. The van der Waals surface area contributed by atoms with E-state index in [-0.39, 0.29) is 0 Å². The van der Waals surface area contributed by atoms with Crippen molar-refractivity contribution in [2.24, 2.45) is 0 Å². The molecule has 10 aromatic rings. The zero-order valence-corrected chi connectivity index (χ0v) is 28.4. The number of para-hydroxylation sites is 2. The molecule has 0 N–H and O–H groups in total. The fraction of sp³-hybridized carbons (Fsp3) is 0.0889. The van der Waals surface area contributed by atoms with E-state index in [0.717, 1.165) is 38.4 Å². The molecule has 5 heteroatoms. The number of nitrogens with zero attached hydrogens (tertiary/aromatic N) is 5. The van der Waals surface area contributed by atoms with Gasteiger partial charge in [-0.1, -0.05) is 95.1 Å². The molecule has 0 fully saturated rings. The standard InChI is InChI=1S/C45H33N5/c1-26-17-27(2)20-31(19-26)43-46-44(32-21-28(3)18-29(4)22-32)48-45(47-43)50-39-16-10-8-14-35(39)37-24-36-33-12-6-7-13-34(33)40-23-30-11-5-9-15-38(30)49(40)41(36)25-42(37)50/h5-25H,1-4H3. The van der Waals surface area contributed by atoms with E-state index in [2.05, 4.69) is 164 Å². The number of aryl methyl sites for hydroxylation is 4. The number of hydrogen-bond acceptors (Lipinski definition) is 3. The van der Waals surface area contributed by atoms with Crippen LogP contribution < -0.4 is 0 Å². The lowest BCUT2D eigenvalue weighted by atomic mass is 10.0. The molecule has 0 atom stereocenters. The first-order chi connectivity index (χ1) is 24.4. The summed E-state index contributed by atoms with van der Waals surface area (Å²) in [7, 11) is 0. The number of pyridine rings is 1. The molecule has 0 aliphatic rings. The average Bonchev–Trinajstić information content (AvgIpc) is 3.66. The Labute approximate surface area is 289 Å². The van der Waals surface area contributed by atoms with Crippen molar-refractivity contribution in [1.82, 2.24) is 23.9 Å². The Morgan fingerprint density at radius 2 is 0.880 bits per heavy atom. The van der Waals surface area contributed by atoms with E-state index in [0.29, 0.717) is 17.6 Å². The van der Waals surface area contributed by atoms with E-state index in [1.54, 1.807) is 0 Å². The molecular formula is C45H33N5. The topological polar surface area (TPSA) is 48.0 Å². The second-order valence-corrected chi connectivity index (χ2v) is 13.7.